The first-order valence-corrected chi connectivity index (χ1v) is 8.93. The number of nitrogens with one attached hydrogen (secondary N) is 2. The van der Waals surface area contributed by atoms with Crippen LogP contribution < -0.4 is 16.2 Å². The highest BCUT2D eigenvalue weighted by molar-refractivity contribution is 7.18. The molecule has 0 unspecified atom stereocenters. The molecule has 1 aliphatic heterocycles. The molecule has 0 aliphatic carbocycles. The largest absolute Gasteiger partial charge is 0.399 e. The molecule has 26 heavy (non-hydrogen) atoms. The Morgan fingerprint density at radius 2 is 1.96 bits per heavy atom. The summed E-state index contributed by atoms with van der Waals surface area (Å²) in [7, 11) is 0. The number of nitrogens with two attached hydrogens (primary N) is 1. The maximum Gasteiger partial charge on any atom is 0.227 e. The lowest BCUT2D eigenvalue weighted by molar-refractivity contribution is 0.930. The predicted molar refractivity (Wildman–Crippen MR) is 104 cm³/mol. The van der Waals surface area contributed by atoms with Crippen LogP contribution >= 0.6 is 11.3 Å². The highest BCUT2D eigenvalue weighted by atomic mass is 32.1. The third-order valence-corrected chi connectivity index (χ3v) is 5.29. The summed E-state index contributed by atoms with van der Waals surface area (Å²) in [6.45, 7) is 0.712. The van der Waals surface area contributed by atoms with Gasteiger partial charge >= 0.3 is 0 Å². The van der Waals surface area contributed by atoms with Crippen molar-refractivity contribution in [2.75, 3.05) is 16.2 Å². The number of nitrogens with zero attached hydrogens (tertiary/aromatic N) is 4. The molecule has 4 N–H and O–H groups in total. The van der Waals surface area contributed by atoms with Gasteiger partial charge in [-0.1, -0.05) is 29.5 Å². The van der Waals surface area contributed by atoms with Gasteiger partial charge in [-0.3, -0.25) is 15.5 Å². The minimum absolute atomic E-state index is 0.712. The summed E-state index contributed by atoms with van der Waals surface area (Å²) >= 11 is 1.55. The predicted octanol–water partition coefficient (Wildman–Crippen LogP) is 3.52. The first-order chi connectivity index (χ1) is 12.8. The van der Waals surface area contributed by atoms with E-state index in [2.05, 4.69) is 38.0 Å². The Morgan fingerprint density at radius 3 is 2.85 bits per heavy atom. The van der Waals surface area contributed by atoms with Crippen LogP contribution in [0.5, 0.6) is 0 Å². The van der Waals surface area contributed by atoms with Crippen LogP contribution in [0.4, 0.5) is 16.5 Å². The average Bonchev–Trinajstić information content (AvgIpc) is 3.40. The van der Waals surface area contributed by atoms with E-state index >= 15 is 0 Å². The zero-order valence-electron chi connectivity index (χ0n) is 13.7. The molecule has 0 radical (unpaired) electrons. The van der Waals surface area contributed by atoms with Crippen LogP contribution in [0.25, 0.3) is 21.7 Å². The summed E-state index contributed by atoms with van der Waals surface area (Å²) in [4.78, 5) is 0. The van der Waals surface area contributed by atoms with E-state index in [0.717, 1.165) is 43.8 Å². The van der Waals surface area contributed by atoms with Gasteiger partial charge in [0.1, 0.15) is 5.01 Å². The van der Waals surface area contributed by atoms with E-state index in [1.54, 1.807) is 11.3 Å². The minimum Gasteiger partial charge on any atom is -0.399 e. The van der Waals surface area contributed by atoms with Crippen LogP contribution in [-0.2, 0) is 6.54 Å². The van der Waals surface area contributed by atoms with Crippen molar-refractivity contribution in [3.8, 4) is 21.7 Å². The summed E-state index contributed by atoms with van der Waals surface area (Å²) in [6, 6.07) is 14.1. The molecule has 128 valence electrons. The fourth-order valence-corrected chi connectivity index (χ4v) is 3.81. The Labute approximate surface area is 153 Å². The zero-order valence-corrected chi connectivity index (χ0v) is 14.5. The van der Waals surface area contributed by atoms with Crippen molar-refractivity contribution in [2.45, 2.75) is 6.54 Å². The molecule has 0 fully saturated rings. The Balaban J connectivity index is 1.42. The quantitative estimate of drug-likeness (QED) is 0.483. The fourth-order valence-electron chi connectivity index (χ4n) is 3.01. The zero-order chi connectivity index (χ0) is 17.5. The van der Waals surface area contributed by atoms with Crippen molar-refractivity contribution in [1.29, 1.82) is 0 Å². The molecule has 0 spiro atoms. The Kier molecular flexibility index (Phi) is 3.36. The van der Waals surface area contributed by atoms with Gasteiger partial charge in [0.25, 0.3) is 0 Å². The topological polar surface area (TPSA) is 95.8 Å². The van der Waals surface area contributed by atoms with Crippen LogP contribution in [-0.4, -0.2) is 20.4 Å². The van der Waals surface area contributed by atoms with Crippen molar-refractivity contribution < 1.29 is 0 Å². The molecular weight excluding hydrogens is 346 g/mol. The molecule has 0 amide bonds. The number of aromatic nitrogens is 4. The van der Waals surface area contributed by atoms with Gasteiger partial charge in [0.05, 0.1) is 18.4 Å². The monoisotopic (exact) mass is 361 g/mol. The maximum absolute atomic E-state index is 5.87. The molecule has 5 rings (SSSR count). The van der Waals surface area contributed by atoms with Crippen LogP contribution in [0.15, 0.2) is 54.9 Å². The van der Waals surface area contributed by atoms with Crippen molar-refractivity contribution in [3.05, 3.63) is 60.4 Å². The number of fused-ring (bicyclic) bond motifs is 1. The SMILES string of the molecule is Nc1ccc2c(c1)CN(c1nnc(-c3cccc(-c4cn[nH]c4)c3)s1)N2. The minimum atomic E-state index is 0.712. The number of rotatable bonds is 3. The van der Waals surface area contributed by atoms with Gasteiger partial charge < -0.3 is 5.73 Å². The van der Waals surface area contributed by atoms with E-state index in [9.17, 15) is 0 Å². The molecule has 4 aromatic rings. The van der Waals surface area contributed by atoms with Crippen molar-refractivity contribution in [1.82, 2.24) is 20.4 Å². The van der Waals surface area contributed by atoms with Crippen LogP contribution in [0, 0.1) is 0 Å². The lowest BCUT2D eigenvalue weighted by Crippen LogP contribution is -2.22. The average molecular weight is 361 g/mol. The summed E-state index contributed by atoms with van der Waals surface area (Å²) < 4.78 is 0. The Bertz CT molecular complexity index is 1070. The van der Waals surface area contributed by atoms with E-state index in [1.165, 1.54) is 0 Å². The third kappa shape index (κ3) is 2.56. The molecule has 0 atom stereocenters. The smallest absolute Gasteiger partial charge is 0.227 e. The number of nitrogen functional groups attached to an aromatic ring is 1. The summed E-state index contributed by atoms with van der Waals surface area (Å²) in [6.07, 6.45) is 3.68. The lowest BCUT2D eigenvalue weighted by atomic mass is 10.1. The number of benzene rings is 2. The van der Waals surface area contributed by atoms with Gasteiger partial charge in [0.15, 0.2) is 0 Å². The summed E-state index contributed by atoms with van der Waals surface area (Å²) in [5.41, 5.74) is 15.4. The number of anilines is 3. The molecule has 3 heterocycles. The van der Waals surface area contributed by atoms with Crippen molar-refractivity contribution in [3.63, 3.8) is 0 Å². The van der Waals surface area contributed by atoms with Gasteiger partial charge in [-0.2, -0.15) is 5.10 Å². The van der Waals surface area contributed by atoms with Gasteiger partial charge in [-0.05, 0) is 29.8 Å². The van der Waals surface area contributed by atoms with Crippen molar-refractivity contribution >= 4 is 27.8 Å². The second kappa shape index (κ2) is 5.85. The summed E-state index contributed by atoms with van der Waals surface area (Å²) in [5, 5.41) is 19.3. The molecule has 0 saturated carbocycles. The normalized spacial score (nSPS) is 12.8. The van der Waals surface area contributed by atoms with E-state index in [0.29, 0.717) is 6.54 Å². The molecule has 8 heteroatoms. The van der Waals surface area contributed by atoms with Gasteiger partial charge in [-0.25, -0.2) is 0 Å². The van der Waals surface area contributed by atoms with E-state index in [-0.39, 0.29) is 0 Å². The molecule has 7 nitrogen and oxygen atoms in total. The van der Waals surface area contributed by atoms with E-state index < -0.39 is 0 Å². The molecular formula is C18H15N7S. The number of H-pyrrole nitrogens is 1. The second-order valence-electron chi connectivity index (χ2n) is 6.07. The van der Waals surface area contributed by atoms with E-state index in [1.807, 2.05) is 47.7 Å². The van der Waals surface area contributed by atoms with Crippen LogP contribution in [0.1, 0.15) is 5.56 Å². The third-order valence-electron chi connectivity index (χ3n) is 4.30. The highest BCUT2D eigenvalue weighted by Crippen LogP contribution is 2.35. The molecule has 2 aromatic heterocycles. The number of hydrazine groups is 1. The van der Waals surface area contributed by atoms with Crippen molar-refractivity contribution in [2.24, 2.45) is 0 Å². The lowest BCUT2D eigenvalue weighted by Gasteiger charge is -2.13. The molecule has 1 aliphatic rings. The number of aromatic amines is 1. The Morgan fingerprint density at radius 1 is 1.04 bits per heavy atom. The number of hydrogen-bond donors (Lipinski definition) is 3. The summed E-state index contributed by atoms with van der Waals surface area (Å²) in [5.74, 6) is 0. The first-order valence-electron chi connectivity index (χ1n) is 8.12. The Hall–Kier alpha value is -3.39. The first kappa shape index (κ1) is 14.9. The molecule has 0 bridgehead atoms. The highest BCUT2D eigenvalue weighted by Gasteiger charge is 2.22. The fraction of sp³-hybridized carbons (Fsp3) is 0.0556. The molecule has 0 saturated heterocycles. The van der Waals surface area contributed by atoms with Gasteiger partial charge in [0, 0.05) is 28.6 Å². The standard InChI is InChI=1S/C18H15N7S/c19-15-4-5-16-13(7-15)10-25(24-16)18-23-22-17(26-18)12-3-1-2-11(6-12)14-8-20-21-9-14/h1-9,24H,10,19H2,(H,20,21). The number of hydrogen-bond acceptors (Lipinski definition) is 7. The van der Waals surface area contributed by atoms with E-state index in [4.69, 9.17) is 5.73 Å². The van der Waals surface area contributed by atoms with Crippen LogP contribution in [0.2, 0.25) is 0 Å². The van der Waals surface area contributed by atoms with Gasteiger partial charge in [-0.15, -0.1) is 10.2 Å². The molecule has 2 aromatic carbocycles. The second-order valence-corrected chi connectivity index (χ2v) is 7.03. The van der Waals surface area contributed by atoms with Gasteiger partial charge in [0.2, 0.25) is 5.13 Å². The van der Waals surface area contributed by atoms with Crippen LogP contribution in [0.3, 0.4) is 0 Å². The maximum atomic E-state index is 5.87.